The van der Waals surface area contributed by atoms with Gasteiger partial charge in [0.05, 0.1) is 0 Å². The first-order valence-electron chi connectivity index (χ1n) is 3.86. The molecule has 0 amide bonds. The van der Waals surface area contributed by atoms with Gasteiger partial charge in [-0.05, 0) is 13.0 Å². The number of aromatic nitrogens is 2. The van der Waals surface area contributed by atoms with Gasteiger partial charge in [0.1, 0.15) is 5.82 Å². The normalized spacial score (nSPS) is 17.9. The van der Waals surface area contributed by atoms with Crippen LogP contribution in [-0.4, -0.2) is 23.1 Å². The monoisotopic (exact) mass is 149 g/mol. The fourth-order valence-electron chi connectivity index (χ4n) is 1.14. The summed E-state index contributed by atoms with van der Waals surface area (Å²) in [5, 5.41) is 3.20. The van der Waals surface area contributed by atoms with Crippen LogP contribution in [0.3, 0.4) is 0 Å². The molecular formula is C8H11N3. The smallest absolute Gasteiger partial charge is 0.134 e. The molecule has 3 heteroatoms. The molecule has 0 aliphatic carbocycles. The van der Waals surface area contributed by atoms with Crippen molar-refractivity contribution in [3.8, 4) is 0 Å². The number of aryl methyl sites for hydroxylation is 1. The van der Waals surface area contributed by atoms with Gasteiger partial charge in [0, 0.05) is 30.9 Å². The molecule has 2 rings (SSSR count). The molecule has 1 aromatic rings. The van der Waals surface area contributed by atoms with Gasteiger partial charge in [0.15, 0.2) is 0 Å². The summed E-state index contributed by atoms with van der Waals surface area (Å²) in [6, 6.07) is 1.93. The molecule has 1 aromatic heterocycles. The van der Waals surface area contributed by atoms with E-state index in [9.17, 15) is 0 Å². The second-order valence-electron chi connectivity index (χ2n) is 2.91. The predicted octanol–water partition coefficient (Wildman–Crippen LogP) is 0.472. The van der Waals surface area contributed by atoms with Gasteiger partial charge in [0.25, 0.3) is 0 Å². The van der Waals surface area contributed by atoms with Crippen molar-refractivity contribution in [2.24, 2.45) is 0 Å². The molecule has 11 heavy (non-hydrogen) atoms. The van der Waals surface area contributed by atoms with Crippen molar-refractivity contribution in [3.05, 3.63) is 23.8 Å². The molecule has 0 saturated carbocycles. The van der Waals surface area contributed by atoms with E-state index in [0.717, 1.165) is 24.6 Å². The van der Waals surface area contributed by atoms with E-state index in [1.807, 2.05) is 19.2 Å². The summed E-state index contributed by atoms with van der Waals surface area (Å²) in [7, 11) is 0. The zero-order valence-corrected chi connectivity index (χ0v) is 6.54. The van der Waals surface area contributed by atoms with Crippen LogP contribution >= 0.6 is 0 Å². The summed E-state index contributed by atoms with van der Waals surface area (Å²) < 4.78 is 0. The maximum Gasteiger partial charge on any atom is 0.134 e. The first kappa shape index (κ1) is 6.73. The highest BCUT2D eigenvalue weighted by atomic mass is 15.0. The van der Waals surface area contributed by atoms with Crippen LogP contribution in [0.25, 0.3) is 0 Å². The average Bonchev–Trinajstić information content (AvgIpc) is 1.83. The molecule has 1 fully saturated rings. The Morgan fingerprint density at radius 1 is 1.55 bits per heavy atom. The summed E-state index contributed by atoms with van der Waals surface area (Å²) in [6.45, 7) is 4.06. The molecule has 0 bridgehead atoms. The highest BCUT2D eigenvalue weighted by Crippen LogP contribution is 2.14. The van der Waals surface area contributed by atoms with E-state index in [1.54, 1.807) is 0 Å². The van der Waals surface area contributed by atoms with Crippen LogP contribution in [0.15, 0.2) is 12.3 Å². The van der Waals surface area contributed by atoms with Crippen LogP contribution in [0.5, 0.6) is 0 Å². The molecule has 0 radical (unpaired) electrons. The van der Waals surface area contributed by atoms with E-state index in [-0.39, 0.29) is 0 Å². The van der Waals surface area contributed by atoms with Crippen molar-refractivity contribution in [2.45, 2.75) is 12.8 Å². The predicted molar refractivity (Wildman–Crippen MR) is 42.4 cm³/mol. The standard InChI is InChI=1S/C8H11N3/c1-6-2-3-10-8(11-6)7-4-9-5-7/h2-3,7,9H,4-5H2,1H3. The fourth-order valence-corrected chi connectivity index (χ4v) is 1.14. The van der Waals surface area contributed by atoms with Crippen molar-refractivity contribution in [2.75, 3.05) is 13.1 Å². The summed E-state index contributed by atoms with van der Waals surface area (Å²) >= 11 is 0. The lowest BCUT2D eigenvalue weighted by Gasteiger charge is -2.25. The Kier molecular flexibility index (Phi) is 1.58. The number of hydrogen-bond acceptors (Lipinski definition) is 3. The number of hydrogen-bond donors (Lipinski definition) is 1. The van der Waals surface area contributed by atoms with Crippen molar-refractivity contribution in [3.63, 3.8) is 0 Å². The minimum absolute atomic E-state index is 0.551. The Balaban J connectivity index is 2.23. The van der Waals surface area contributed by atoms with Gasteiger partial charge in [-0.3, -0.25) is 0 Å². The highest BCUT2D eigenvalue weighted by molar-refractivity contribution is 5.07. The lowest BCUT2D eigenvalue weighted by Crippen LogP contribution is -2.40. The molecule has 0 unspecified atom stereocenters. The molecule has 1 aliphatic rings. The van der Waals surface area contributed by atoms with Gasteiger partial charge in [-0.1, -0.05) is 0 Å². The minimum Gasteiger partial charge on any atom is -0.315 e. The van der Waals surface area contributed by atoms with Crippen molar-refractivity contribution < 1.29 is 0 Å². The second kappa shape index (κ2) is 2.58. The van der Waals surface area contributed by atoms with Crippen LogP contribution in [0.4, 0.5) is 0 Å². The molecule has 1 N–H and O–H groups in total. The van der Waals surface area contributed by atoms with Crippen molar-refractivity contribution in [1.82, 2.24) is 15.3 Å². The molecule has 1 saturated heterocycles. The molecule has 0 spiro atoms. The molecule has 0 atom stereocenters. The topological polar surface area (TPSA) is 37.8 Å². The Morgan fingerprint density at radius 3 is 2.91 bits per heavy atom. The Morgan fingerprint density at radius 2 is 2.36 bits per heavy atom. The first-order valence-corrected chi connectivity index (χ1v) is 3.86. The Labute approximate surface area is 65.9 Å². The lowest BCUT2D eigenvalue weighted by molar-refractivity contribution is 0.429. The zero-order chi connectivity index (χ0) is 7.68. The fraction of sp³-hybridized carbons (Fsp3) is 0.500. The molecular weight excluding hydrogens is 138 g/mol. The minimum atomic E-state index is 0.551. The SMILES string of the molecule is Cc1ccnc(C2CNC2)n1. The van der Waals surface area contributed by atoms with E-state index in [1.165, 1.54) is 0 Å². The summed E-state index contributed by atoms with van der Waals surface area (Å²) in [5.41, 5.74) is 1.06. The molecule has 58 valence electrons. The van der Waals surface area contributed by atoms with Crippen LogP contribution in [0.2, 0.25) is 0 Å². The lowest BCUT2D eigenvalue weighted by atomic mass is 10.0. The maximum absolute atomic E-state index is 4.34. The van der Waals surface area contributed by atoms with Crippen LogP contribution in [-0.2, 0) is 0 Å². The number of nitrogens with zero attached hydrogens (tertiary/aromatic N) is 2. The maximum atomic E-state index is 4.34. The van der Waals surface area contributed by atoms with E-state index in [0.29, 0.717) is 5.92 Å². The Bertz CT molecular complexity index is 255. The van der Waals surface area contributed by atoms with E-state index in [4.69, 9.17) is 0 Å². The quantitative estimate of drug-likeness (QED) is 0.630. The van der Waals surface area contributed by atoms with Gasteiger partial charge in [-0.2, -0.15) is 0 Å². The summed E-state index contributed by atoms with van der Waals surface area (Å²) in [6.07, 6.45) is 1.83. The molecule has 0 aromatic carbocycles. The van der Waals surface area contributed by atoms with Gasteiger partial charge >= 0.3 is 0 Å². The summed E-state index contributed by atoms with van der Waals surface area (Å²) in [4.78, 5) is 8.55. The van der Waals surface area contributed by atoms with E-state index < -0.39 is 0 Å². The van der Waals surface area contributed by atoms with E-state index >= 15 is 0 Å². The molecule has 1 aliphatic heterocycles. The van der Waals surface area contributed by atoms with Gasteiger partial charge < -0.3 is 5.32 Å². The van der Waals surface area contributed by atoms with Gasteiger partial charge in [-0.15, -0.1) is 0 Å². The molecule has 3 nitrogen and oxygen atoms in total. The zero-order valence-electron chi connectivity index (χ0n) is 6.54. The number of rotatable bonds is 1. The van der Waals surface area contributed by atoms with Crippen molar-refractivity contribution >= 4 is 0 Å². The third-order valence-electron chi connectivity index (χ3n) is 1.96. The van der Waals surface area contributed by atoms with Crippen molar-refractivity contribution in [1.29, 1.82) is 0 Å². The Hall–Kier alpha value is -0.960. The average molecular weight is 149 g/mol. The highest BCUT2D eigenvalue weighted by Gasteiger charge is 2.20. The van der Waals surface area contributed by atoms with Crippen LogP contribution in [0.1, 0.15) is 17.4 Å². The van der Waals surface area contributed by atoms with Crippen LogP contribution < -0.4 is 5.32 Å². The number of nitrogens with one attached hydrogen (secondary N) is 1. The van der Waals surface area contributed by atoms with Gasteiger partial charge in [0.2, 0.25) is 0 Å². The molecule has 2 heterocycles. The largest absolute Gasteiger partial charge is 0.315 e. The summed E-state index contributed by atoms with van der Waals surface area (Å²) in [5.74, 6) is 1.54. The van der Waals surface area contributed by atoms with Gasteiger partial charge in [-0.25, -0.2) is 9.97 Å². The van der Waals surface area contributed by atoms with Crippen LogP contribution in [0, 0.1) is 6.92 Å². The second-order valence-corrected chi connectivity index (χ2v) is 2.91. The third kappa shape index (κ3) is 1.24. The third-order valence-corrected chi connectivity index (χ3v) is 1.96. The first-order chi connectivity index (χ1) is 5.36. The van der Waals surface area contributed by atoms with E-state index in [2.05, 4.69) is 15.3 Å².